The zero-order chi connectivity index (χ0) is 10.1. The van der Waals surface area contributed by atoms with Crippen LogP contribution >= 0.6 is 0 Å². The van der Waals surface area contributed by atoms with Crippen LogP contribution in [0, 0.1) is 0 Å². The fourth-order valence-electron chi connectivity index (χ4n) is 1.93. The largest absolute Gasteiger partial charge is 0.354 e. The molecule has 0 amide bonds. The Morgan fingerprint density at radius 3 is 3.33 bits per heavy atom. The molecular formula is C10H11N5. The summed E-state index contributed by atoms with van der Waals surface area (Å²) in [6.07, 6.45) is 6.27. The second-order valence-corrected chi connectivity index (χ2v) is 3.55. The standard InChI is InChI=1S/C10H11N5/c1-2-8(6-11-4-1)9-3-5-12-10-13-7-14-15(9)10/h1-2,4,6-7,9H,3,5H2,(H,12,13,14). The van der Waals surface area contributed by atoms with Gasteiger partial charge in [0, 0.05) is 18.9 Å². The normalized spacial score (nSPS) is 19.3. The summed E-state index contributed by atoms with van der Waals surface area (Å²) in [5, 5.41) is 7.44. The van der Waals surface area contributed by atoms with Crippen LogP contribution in [-0.2, 0) is 0 Å². The topological polar surface area (TPSA) is 55.6 Å². The molecule has 76 valence electrons. The van der Waals surface area contributed by atoms with Crippen LogP contribution < -0.4 is 5.32 Å². The molecule has 0 aromatic carbocycles. The van der Waals surface area contributed by atoms with Crippen molar-refractivity contribution in [2.24, 2.45) is 0 Å². The molecular weight excluding hydrogens is 190 g/mol. The summed E-state index contributed by atoms with van der Waals surface area (Å²) >= 11 is 0. The molecule has 1 atom stereocenters. The van der Waals surface area contributed by atoms with Crippen LogP contribution in [0.2, 0.25) is 0 Å². The Morgan fingerprint density at radius 1 is 1.47 bits per heavy atom. The first-order valence-corrected chi connectivity index (χ1v) is 4.98. The van der Waals surface area contributed by atoms with E-state index in [1.807, 2.05) is 16.9 Å². The number of aromatic nitrogens is 4. The summed E-state index contributed by atoms with van der Waals surface area (Å²) in [5.74, 6) is 0.843. The molecule has 1 N–H and O–H groups in total. The zero-order valence-electron chi connectivity index (χ0n) is 8.17. The molecule has 2 aromatic rings. The average Bonchev–Trinajstić information content (AvgIpc) is 2.78. The van der Waals surface area contributed by atoms with Crippen molar-refractivity contribution in [3.63, 3.8) is 0 Å². The van der Waals surface area contributed by atoms with E-state index in [4.69, 9.17) is 0 Å². The number of pyridine rings is 1. The van der Waals surface area contributed by atoms with Crippen molar-refractivity contribution in [2.75, 3.05) is 11.9 Å². The van der Waals surface area contributed by atoms with Gasteiger partial charge in [-0.1, -0.05) is 6.07 Å². The maximum atomic E-state index is 4.23. The highest BCUT2D eigenvalue weighted by molar-refractivity contribution is 5.30. The van der Waals surface area contributed by atoms with Crippen LogP contribution in [0.5, 0.6) is 0 Å². The van der Waals surface area contributed by atoms with Crippen LogP contribution in [0.4, 0.5) is 5.95 Å². The number of rotatable bonds is 1. The van der Waals surface area contributed by atoms with Gasteiger partial charge in [0.2, 0.25) is 5.95 Å². The van der Waals surface area contributed by atoms with Gasteiger partial charge in [0.1, 0.15) is 6.33 Å². The lowest BCUT2D eigenvalue weighted by atomic mass is 10.1. The van der Waals surface area contributed by atoms with Gasteiger partial charge in [-0.05, 0) is 18.1 Å². The molecule has 0 aliphatic carbocycles. The summed E-state index contributed by atoms with van der Waals surface area (Å²) < 4.78 is 1.92. The summed E-state index contributed by atoms with van der Waals surface area (Å²) in [6, 6.07) is 4.29. The lowest BCUT2D eigenvalue weighted by molar-refractivity contribution is 0.479. The molecule has 5 nitrogen and oxygen atoms in total. The van der Waals surface area contributed by atoms with Crippen molar-refractivity contribution < 1.29 is 0 Å². The minimum Gasteiger partial charge on any atom is -0.354 e. The third-order valence-electron chi connectivity index (χ3n) is 2.64. The van der Waals surface area contributed by atoms with Gasteiger partial charge in [-0.25, -0.2) is 4.68 Å². The third-order valence-corrected chi connectivity index (χ3v) is 2.64. The molecule has 3 heterocycles. The molecule has 0 radical (unpaired) electrons. The number of hydrogen-bond donors (Lipinski definition) is 1. The van der Waals surface area contributed by atoms with Gasteiger partial charge in [0.15, 0.2) is 0 Å². The van der Waals surface area contributed by atoms with Gasteiger partial charge in [-0.3, -0.25) is 4.98 Å². The van der Waals surface area contributed by atoms with E-state index in [-0.39, 0.29) is 6.04 Å². The molecule has 0 fully saturated rings. The molecule has 1 aliphatic heterocycles. The number of fused-ring (bicyclic) bond motifs is 1. The highest BCUT2D eigenvalue weighted by Crippen LogP contribution is 2.26. The van der Waals surface area contributed by atoms with Crippen LogP contribution in [-0.4, -0.2) is 26.3 Å². The molecule has 1 aliphatic rings. The molecule has 5 heteroatoms. The molecule has 0 spiro atoms. The molecule has 0 bridgehead atoms. The van der Waals surface area contributed by atoms with Crippen molar-refractivity contribution in [1.82, 2.24) is 19.7 Å². The van der Waals surface area contributed by atoms with Crippen LogP contribution in [0.25, 0.3) is 0 Å². The molecule has 2 aromatic heterocycles. The van der Waals surface area contributed by atoms with Crippen molar-refractivity contribution in [3.8, 4) is 0 Å². The number of nitrogens with one attached hydrogen (secondary N) is 1. The van der Waals surface area contributed by atoms with E-state index < -0.39 is 0 Å². The Kier molecular flexibility index (Phi) is 1.87. The summed E-state index contributed by atoms with van der Waals surface area (Å²) in [5.41, 5.74) is 1.19. The Bertz CT molecular complexity index is 450. The Labute approximate surface area is 87.2 Å². The quantitative estimate of drug-likeness (QED) is 0.750. The van der Waals surface area contributed by atoms with Gasteiger partial charge >= 0.3 is 0 Å². The first-order chi connectivity index (χ1) is 7.45. The van der Waals surface area contributed by atoms with Crippen molar-refractivity contribution in [2.45, 2.75) is 12.5 Å². The van der Waals surface area contributed by atoms with Gasteiger partial charge in [0.25, 0.3) is 0 Å². The highest BCUT2D eigenvalue weighted by Gasteiger charge is 2.22. The van der Waals surface area contributed by atoms with E-state index in [0.717, 1.165) is 18.9 Å². The lowest BCUT2D eigenvalue weighted by Crippen LogP contribution is -2.24. The van der Waals surface area contributed by atoms with Crippen molar-refractivity contribution in [1.29, 1.82) is 0 Å². The number of nitrogens with zero attached hydrogens (tertiary/aromatic N) is 4. The van der Waals surface area contributed by atoms with E-state index in [1.165, 1.54) is 5.56 Å². The lowest BCUT2D eigenvalue weighted by Gasteiger charge is -2.24. The fraction of sp³-hybridized carbons (Fsp3) is 0.300. The molecule has 3 rings (SSSR count). The van der Waals surface area contributed by atoms with E-state index in [0.29, 0.717) is 0 Å². The monoisotopic (exact) mass is 201 g/mol. The van der Waals surface area contributed by atoms with E-state index in [9.17, 15) is 0 Å². The van der Waals surface area contributed by atoms with Gasteiger partial charge in [0.05, 0.1) is 6.04 Å². The van der Waals surface area contributed by atoms with E-state index >= 15 is 0 Å². The zero-order valence-corrected chi connectivity index (χ0v) is 8.17. The highest BCUT2D eigenvalue weighted by atomic mass is 15.4. The SMILES string of the molecule is c1cncc(C2CCNc3ncnn32)c1. The Morgan fingerprint density at radius 2 is 2.47 bits per heavy atom. The first-order valence-electron chi connectivity index (χ1n) is 4.98. The second kappa shape index (κ2) is 3.34. The molecule has 0 saturated carbocycles. The minimum absolute atomic E-state index is 0.262. The maximum absolute atomic E-state index is 4.23. The third kappa shape index (κ3) is 1.36. The first kappa shape index (κ1) is 8.40. The van der Waals surface area contributed by atoms with E-state index in [1.54, 1.807) is 12.5 Å². The van der Waals surface area contributed by atoms with Gasteiger partial charge in [-0.2, -0.15) is 10.1 Å². The summed E-state index contributed by atoms with van der Waals surface area (Å²) in [4.78, 5) is 8.29. The Balaban J connectivity index is 2.03. The second-order valence-electron chi connectivity index (χ2n) is 3.55. The maximum Gasteiger partial charge on any atom is 0.221 e. The Hall–Kier alpha value is -1.91. The number of anilines is 1. The van der Waals surface area contributed by atoms with Crippen molar-refractivity contribution >= 4 is 5.95 Å². The molecule has 0 saturated heterocycles. The van der Waals surface area contributed by atoms with Crippen LogP contribution in [0.1, 0.15) is 18.0 Å². The number of hydrogen-bond acceptors (Lipinski definition) is 4. The summed E-state index contributed by atoms with van der Waals surface area (Å²) in [7, 11) is 0. The smallest absolute Gasteiger partial charge is 0.221 e. The molecule has 15 heavy (non-hydrogen) atoms. The van der Waals surface area contributed by atoms with E-state index in [2.05, 4.69) is 26.4 Å². The van der Waals surface area contributed by atoms with Crippen LogP contribution in [0.3, 0.4) is 0 Å². The van der Waals surface area contributed by atoms with Gasteiger partial charge in [-0.15, -0.1) is 0 Å². The predicted octanol–water partition coefficient (Wildman–Crippen LogP) is 1.08. The summed E-state index contributed by atoms with van der Waals surface area (Å²) in [6.45, 7) is 0.929. The van der Waals surface area contributed by atoms with Gasteiger partial charge < -0.3 is 5.32 Å². The van der Waals surface area contributed by atoms with Crippen molar-refractivity contribution in [3.05, 3.63) is 36.4 Å². The predicted molar refractivity (Wildman–Crippen MR) is 55.5 cm³/mol. The molecule has 1 unspecified atom stereocenters. The van der Waals surface area contributed by atoms with Crippen LogP contribution in [0.15, 0.2) is 30.9 Å². The fourth-order valence-corrected chi connectivity index (χ4v) is 1.93. The minimum atomic E-state index is 0.262. The average molecular weight is 201 g/mol.